The van der Waals surface area contributed by atoms with Crippen molar-refractivity contribution in [3.63, 3.8) is 0 Å². The van der Waals surface area contributed by atoms with Crippen LogP contribution in [0.5, 0.6) is 5.75 Å². The molecule has 1 unspecified atom stereocenters. The van der Waals surface area contributed by atoms with Gasteiger partial charge in [-0.2, -0.15) is 0 Å². The molecule has 0 bridgehead atoms. The number of imide groups is 1. The summed E-state index contributed by atoms with van der Waals surface area (Å²) in [5.74, 6) is -0.0255. The zero-order valence-electron chi connectivity index (χ0n) is 16.8. The molecule has 156 valence electrons. The van der Waals surface area contributed by atoms with Crippen LogP contribution >= 0.6 is 11.8 Å². The second-order valence-electron chi connectivity index (χ2n) is 6.74. The molecule has 0 radical (unpaired) electrons. The topological polar surface area (TPSA) is 95.8 Å². The molecule has 2 N–H and O–H groups in total. The lowest BCUT2D eigenvalue weighted by Gasteiger charge is -2.09. The lowest BCUT2D eigenvalue weighted by Crippen LogP contribution is -2.25. The fourth-order valence-electron chi connectivity index (χ4n) is 2.83. The van der Waals surface area contributed by atoms with Gasteiger partial charge in [-0.05, 0) is 36.6 Å². The number of benzene rings is 1. The number of hydrogen-bond donors (Lipinski definition) is 1. The molecule has 8 heteroatoms. The molecular weight excluding hydrogens is 404 g/mol. The van der Waals surface area contributed by atoms with Crippen LogP contribution in [0, 0.1) is 0 Å². The number of aromatic nitrogens is 1. The molecule has 7 nitrogen and oxygen atoms in total. The van der Waals surface area contributed by atoms with Crippen LogP contribution in [0.3, 0.4) is 0 Å². The second-order valence-corrected chi connectivity index (χ2v) is 7.91. The molecule has 1 fully saturated rings. The molecule has 1 aliphatic rings. The first-order valence-electron chi connectivity index (χ1n) is 9.55. The van der Waals surface area contributed by atoms with Crippen molar-refractivity contribution in [3.8, 4) is 5.75 Å². The Morgan fingerprint density at radius 1 is 1.17 bits per heavy atom. The van der Waals surface area contributed by atoms with Crippen LogP contribution < -0.4 is 15.0 Å². The number of esters is 1. The SMILES string of the molecule is CCc1ccc(C(=COC(C)=O)COc2ccc(CC3SC(=O)NC3=O)cc2)[nH+]c1. The maximum atomic E-state index is 11.7. The number of carbonyl (C=O) groups is 3. The van der Waals surface area contributed by atoms with Crippen LogP contribution in [0.4, 0.5) is 4.79 Å². The molecular formula is C22H23N2O5S+. The second kappa shape index (κ2) is 10.1. The highest BCUT2D eigenvalue weighted by Crippen LogP contribution is 2.24. The van der Waals surface area contributed by atoms with E-state index >= 15 is 0 Å². The third-order valence-electron chi connectivity index (χ3n) is 4.50. The molecule has 0 spiro atoms. The van der Waals surface area contributed by atoms with E-state index in [2.05, 4.69) is 17.2 Å². The van der Waals surface area contributed by atoms with Crippen LogP contribution in [0.15, 0.2) is 48.9 Å². The van der Waals surface area contributed by atoms with Crippen molar-refractivity contribution in [1.29, 1.82) is 0 Å². The molecule has 2 heterocycles. The van der Waals surface area contributed by atoms with Gasteiger partial charge >= 0.3 is 5.97 Å². The van der Waals surface area contributed by atoms with Crippen LogP contribution in [0.2, 0.25) is 0 Å². The van der Waals surface area contributed by atoms with Gasteiger partial charge in [-0.15, -0.1) is 0 Å². The van der Waals surface area contributed by atoms with Gasteiger partial charge in [0.25, 0.3) is 5.24 Å². The first-order valence-corrected chi connectivity index (χ1v) is 10.4. The Morgan fingerprint density at radius 3 is 2.47 bits per heavy atom. The van der Waals surface area contributed by atoms with Crippen LogP contribution in [0.1, 0.15) is 30.7 Å². The zero-order valence-corrected chi connectivity index (χ0v) is 17.6. The van der Waals surface area contributed by atoms with Crippen molar-refractivity contribution in [2.24, 2.45) is 0 Å². The van der Waals surface area contributed by atoms with E-state index in [1.165, 1.54) is 13.2 Å². The van der Waals surface area contributed by atoms with E-state index in [1.807, 2.05) is 42.6 Å². The summed E-state index contributed by atoms with van der Waals surface area (Å²) in [6.45, 7) is 3.61. The lowest BCUT2D eigenvalue weighted by atomic mass is 10.1. The van der Waals surface area contributed by atoms with Gasteiger partial charge in [0.05, 0.1) is 10.8 Å². The van der Waals surface area contributed by atoms with E-state index in [-0.39, 0.29) is 17.8 Å². The van der Waals surface area contributed by atoms with Crippen molar-refractivity contribution in [2.45, 2.75) is 31.9 Å². The van der Waals surface area contributed by atoms with E-state index < -0.39 is 11.2 Å². The van der Waals surface area contributed by atoms with Gasteiger partial charge in [0.15, 0.2) is 6.20 Å². The molecule has 2 aromatic rings. The quantitative estimate of drug-likeness (QED) is 0.514. The largest absolute Gasteiger partial charge is 0.489 e. The molecule has 30 heavy (non-hydrogen) atoms. The van der Waals surface area contributed by atoms with Crippen molar-refractivity contribution in [1.82, 2.24) is 5.32 Å². The standard InChI is InChI=1S/C22H22N2O5S/c1-3-15-6-9-19(23-11-15)17(12-28-14(2)25)13-29-18-7-4-16(5-8-18)10-20-21(26)24-22(27)30-20/h4-9,11-12,20H,3,10,13H2,1-2H3,(H,24,26,27)/p+1. The van der Waals surface area contributed by atoms with Crippen LogP contribution in [0.25, 0.3) is 5.57 Å². The average molecular weight is 428 g/mol. The Morgan fingerprint density at radius 2 is 1.90 bits per heavy atom. The van der Waals surface area contributed by atoms with Gasteiger partial charge in [0.2, 0.25) is 11.6 Å². The molecule has 0 saturated carbocycles. The molecule has 0 aliphatic carbocycles. The first kappa shape index (κ1) is 21.6. The summed E-state index contributed by atoms with van der Waals surface area (Å²) in [5.41, 5.74) is 3.58. The molecule has 1 aromatic heterocycles. The third-order valence-corrected chi connectivity index (χ3v) is 5.49. The maximum absolute atomic E-state index is 11.7. The number of hydrogen-bond acceptors (Lipinski definition) is 6. The predicted molar refractivity (Wildman–Crippen MR) is 113 cm³/mol. The van der Waals surface area contributed by atoms with Gasteiger partial charge in [0.1, 0.15) is 18.6 Å². The number of carbonyl (C=O) groups excluding carboxylic acids is 3. The van der Waals surface area contributed by atoms with Gasteiger partial charge in [-0.1, -0.05) is 30.8 Å². The van der Waals surface area contributed by atoms with Crippen molar-refractivity contribution < 1.29 is 28.8 Å². The minimum Gasteiger partial charge on any atom is -0.489 e. The van der Waals surface area contributed by atoms with E-state index in [4.69, 9.17) is 9.47 Å². The summed E-state index contributed by atoms with van der Waals surface area (Å²) in [6.07, 6.45) is 4.69. The number of nitrogens with one attached hydrogen (secondary N) is 2. The third kappa shape index (κ3) is 5.93. The van der Waals surface area contributed by atoms with Gasteiger partial charge in [-0.3, -0.25) is 19.7 Å². The number of thioether (sulfide) groups is 1. The van der Waals surface area contributed by atoms with Crippen molar-refractivity contribution >= 4 is 34.5 Å². The summed E-state index contributed by atoms with van der Waals surface area (Å²) in [7, 11) is 0. The fourth-order valence-corrected chi connectivity index (χ4v) is 3.69. The lowest BCUT2D eigenvalue weighted by molar-refractivity contribution is -0.382. The summed E-state index contributed by atoms with van der Waals surface area (Å²) >= 11 is 1.01. The molecule has 1 saturated heterocycles. The molecule has 3 rings (SSSR count). The molecule has 1 atom stereocenters. The van der Waals surface area contributed by atoms with E-state index in [0.29, 0.717) is 17.7 Å². The number of rotatable bonds is 8. The van der Waals surface area contributed by atoms with Gasteiger partial charge in [-0.25, -0.2) is 4.98 Å². The number of aryl methyl sites for hydroxylation is 1. The number of amides is 2. The summed E-state index contributed by atoms with van der Waals surface area (Å²) in [6, 6.07) is 11.3. The highest BCUT2D eigenvalue weighted by molar-refractivity contribution is 8.15. The number of H-pyrrole nitrogens is 1. The summed E-state index contributed by atoms with van der Waals surface area (Å²) in [4.78, 5) is 37.4. The highest BCUT2D eigenvalue weighted by Gasteiger charge is 2.31. The van der Waals surface area contributed by atoms with Crippen molar-refractivity contribution in [2.75, 3.05) is 6.61 Å². The predicted octanol–water partition coefficient (Wildman–Crippen LogP) is 2.94. The first-order chi connectivity index (χ1) is 14.4. The minimum atomic E-state index is -0.408. The van der Waals surface area contributed by atoms with E-state index in [9.17, 15) is 14.4 Å². The fraction of sp³-hybridized carbons (Fsp3) is 0.273. The van der Waals surface area contributed by atoms with Gasteiger partial charge < -0.3 is 9.47 Å². The Bertz CT molecular complexity index is 954. The Labute approximate surface area is 178 Å². The monoisotopic (exact) mass is 427 g/mol. The molecule has 1 aromatic carbocycles. The highest BCUT2D eigenvalue weighted by atomic mass is 32.2. The van der Waals surface area contributed by atoms with Crippen LogP contribution in [-0.4, -0.2) is 29.0 Å². The van der Waals surface area contributed by atoms with E-state index in [0.717, 1.165) is 35.0 Å². The summed E-state index contributed by atoms with van der Waals surface area (Å²) in [5, 5.41) is 1.59. The number of ether oxygens (including phenoxy) is 2. The average Bonchev–Trinajstić information content (AvgIpc) is 3.06. The van der Waals surface area contributed by atoms with Gasteiger partial charge in [0, 0.05) is 18.6 Å². The van der Waals surface area contributed by atoms with Crippen LogP contribution in [-0.2, 0) is 27.2 Å². The Kier molecular flexibility index (Phi) is 7.24. The summed E-state index contributed by atoms with van der Waals surface area (Å²) < 4.78 is 10.9. The normalized spacial score (nSPS) is 16.3. The zero-order chi connectivity index (χ0) is 21.5. The minimum absolute atomic E-state index is 0.198. The Balaban J connectivity index is 1.64. The van der Waals surface area contributed by atoms with E-state index in [1.54, 1.807) is 0 Å². The molecule has 2 amide bonds. The molecule has 1 aliphatic heterocycles. The number of aromatic amines is 1. The Hall–Kier alpha value is -3.13. The maximum Gasteiger partial charge on any atom is 0.307 e. The number of pyridine rings is 1. The smallest absolute Gasteiger partial charge is 0.307 e. The van der Waals surface area contributed by atoms with Crippen molar-refractivity contribution in [3.05, 3.63) is 65.7 Å².